The van der Waals surface area contributed by atoms with Crippen LogP contribution in [0.25, 0.3) is 0 Å². The summed E-state index contributed by atoms with van der Waals surface area (Å²) in [5.74, 6) is -0.0553. The topological polar surface area (TPSA) is 73.9 Å². The minimum Gasteiger partial charge on any atom is -0.497 e. The molecule has 2 rings (SSSR count). The van der Waals surface area contributed by atoms with Gasteiger partial charge in [0, 0.05) is 12.6 Å². The number of hydrogen-bond acceptors (Lipinski definition) is 5. The second kappa shape index (κ2) is 8.73. The number of rotatable bonds is 7. The molecule has 0 atom stereocenters. The number of carbonyl (C=O) groups is 2. The monoisotopic (exact) mass is 343 g/mol. The van der Waals surface area contributed by atoms with E-state index in [1.165, 1.54) is 26.4 Å². The van der Waals surface area contributed by atoms with Crippen molar-refractivity contribution in [2.45, 2.75) is 13.5 Å². The lowest BCUT2D eigenvalue weighted by Crippen LogP contribution is -2.28. The fourth-order valence-corrected chi connectivity index (χ4v) is 2.19. The fraction of sp³-hybridized carbons (Fsp3) is 0.263. The zero-order valence-corrected chi connectivity index (χ0v) is 14.5. The Morgan fingerprint density at radius 2 is 1.64 bits per heavy atom. The van der Waals surface area contributed by atoms with E-state index >= 15 is 0 Å². The number of methoxy groups -OCH3 is 2. The quantitative estimate of drug-likeness (QED) is 0.782. The number of esters is 1. The molecule has 6 nitrogen and oxygen atoms in total. The summed E-state index contributed by atoms with van der Waals surface area (Å²) >= 11 is 0. The van der Waals surface area contributed by atoms with Crippen LogP contribution in [0.4, 0.5) is 0 Å². The molecule has 1 N–H and O–H groups in total. The molecule has 1 amide bonds. The molecule has 0 aromatic heterocycles. The minimum absolute atomic E-state index is 0.253. The predicted octanol–water partition coefficient (Wildman–Crippen LogP) is 2.49. The first-order valence-corrected chi connectivity index (χ1v) is 7.75. The third-order valence-corrected chi connectivity index (χ3v) is 3.66. The molecule has 0 fully saturated rings. The van der Waals surface area contributed by atoms with Crippen LogP contribution in [0.5, 0.6) is 11.5 Å². The third kappa shape index (κ3) is 5.24. The Hall–Kier alpha value is -3.02. The number of ether oxygens (including phenoxy) is 3. The van der Waals surface area contributed by atoms with Gasteiger partial charge in [-0.2, -0.15) is 0 Å². The Bertz CT molecular complexity index is 735. The van der Waals surface area contributed by atoms with E-state index in [1.807, 2.05) is 31.2 Å². The van der Waals surface area contributed by atoms with E-state index in [0.29, 0.717) is 18.0 Å². The Kier molecular flexibility index (Phi) is 6.39. The lowest BCUT2D eigenvalue weighted by molar-refractivity contribution is -0.124. The molecule has 0 heterocycles. The van der Waals surface area contributed by atoms with E-state index in [9.17, 15) is 9.59 Å². The fourth-order valence-electron chi connectivity index (χ4n) is 2.19. The van der Waals surface area contributed by atoms with Gasteiger partial charge in [0.05, 0.1) is 19.8 Å². The van der Waals surface area contributed by atoms with Gasteiger partial charge in [-0.15, -0.1) is 0 Å². The standard InChI is InChI=1S/C19H21NO5/c1-13-6-4-5-7-14(13)11-20-18(21)12-25-19(22)15-8-16(23-2)10-17(9-15)24-3/h4-10H,11-12H2,1-3H3,(H,20,21). The largest absolute Gasteiger partial charge is 0.497 e. The Morgan fingerprint density at radius 3 is 2.24 bits per heavy atom. The minimum atomic E-state index is -0.622. The molecule has 25 heavy (non-hydrogen) atoms. The maximum atomic E-state index is 12.1. The summed E-state index contributed by atoms with van der Waals surface area (Å²) in [5.41, 5.74) is 2.35. The van der Waals surface area contributed by atoms with Crippen molar-refractivity contribution in [3.05, 3.63) is 59.2 Å². The highest BCUT2D eigenvalue weighted by atomic mass is 16.5. The number of benzene rings is 2. The van der Waals surface area contributed by atoms with E-state index in [0.717, 1.165) is 11.1 Å². The maximum absolute atomic E-state index is 12.1. The van der Waals surface area contributed by atoms with Gasteiger partial charge in [0.15, 0.2) is 6.61 Å². The van der Waals surface area contributed by atoms with Crippen LogP contribution in [-0.4, -0.2) is 32.7 Å². The first kappa shape index (κ1) is 18.3. The van der Waals surface area contributed by atoms with E-state index in [2.05, 4.69) is 5.32 Å². The highest BCUT2D eigenvalue weighted by Crippen LogP contribution is 2.22. The molecule has 0 bridgehead atoms. The molecule has 6 heteroatoms. The summed E-state index contributed by atoms with van der Waals surface area (Å²) in [7, 11) is 2.98. The Balaban J connectivity index is 1.89. The van der Waals surface area contributed by atoms with Crippen molar-refractivity contribution in [2.75, 3.05) is 20.8 Å². The molecule has 0 aliphatic carbocycles. The summed E-state index contributed by atoms with van der Waals surface area (Å²) < 4.78 is 15.3. The highest BCUT2D eigenvalue weighted by molar-refractivity contribution is 5.92. The van der Waals surface area contributed by atoms with Crippen LogP contribution in [0.15, 0.2) is 42.5 Å². The van der Waals surface area contributed by atoms with Gasteiger partial charge in [0.1, 0.15) is 11.5 Å². The number of carbonyl (C=O) groups excluding carboxylic acids is 2. The molecule has 132 valence electrons. The van der Waals surface area contributed by atoms with Gasteiger partial charge in [-0.05, 0) is 30.2 Å². The van der Waals surface area contributed by atoms with E-state index in [-0.39, 0.29) is 18.1 Å². The smallest absolute Gasteiger partial charge is 0.338 e. The van der Waals surface area contributed by atoms with Crippen molar-refractivity contribution in [3.63, 3.8) is 0 Å². The summed E-state index contributed by atoms with van der Waals surface area (Å²) in [6, 6.07) is 12.4. The molecule has 0 saturated carbocycles. The molecular formula is C19H21NO5. The first-order chi connectivity index (χ1) is 12.0. The number of amides is 1. The van der Waals surface area contributed by atoms with Crippen molar-refractivity contribution in [1.82, 2.24) is 5.32 Å². The van der Waals surface area contributed by atoms with Crippen molar-refractivity contribution in [2.24, 2.45) is 0 Å². The highest BCUT2D eigenvalue weighted by Gasteiger charge is 2.13. The molecule has 0 aliphatic heterocycles. The lowest BCUT2D eigenvalue weighted by atomic mass is 10.1. The van der Waals surface area contributed by atoms with Crippen molar-refractivity contribution in [1.29, 1.82) is 0 Å². The summed E-state index contributed by atoms with van der Waals surface area (Å²) in [6.07, 6.45) is 0. The van der Waals surface area contributed by atoms with Crippen LogP contribution < -0.4 is 14.8 Å². The first-order valence-electron chi connectivity index (χ1n) is 7.75. The molecular weight excluding hydrogens is 322 g/mol. The third-order valence-electron chi connectivity index (χ3n) is 3.66. The lowest BCUT2D eigenvalue weighted by Gasteiger charge is -2.10. The summed E-state index contributed by atoms with van der Waals surface area (Å²) in [5, 5.41) is 2.73. The number of nitrogens with one attached hydrogen (secondary N) is 1. The average molecular weight is 343 g/mol. The summed E-state index contributed by atoms with van der Waals surface area (Å²) in [6.45, 7) is 2.00. The van der Waals surface area contributed by atoms with Crippen LogP contribution in [0.3, 0.4) is 0 Å². The molecule has 2 aromatic carbocycles. The van der Waals surface area contributed by atoms with Crippen molar-refractivity contribution < 1.29 is 23.8 Å². The molecule has 2 aromatic rings. The van der Waals surface area contributed by atoms with Gasteiger partial charge < -0.3 is 19.5 Å². The van der Waals surface area contributed by atoms with Crippen LogP contribution in [-0.2, 0) is 16.1 Å². The number of hydrogen-bond donors (Lipinski definition) is 1. The van der Waals surface area contributed by atoms with Gasteiger partial charge >= 0.3 is 5.97 Å². The van der Waals surface area contributed by atoms with Gasteiger partial charge in [-0.1, -0.05) is 24.3 Å². The van der Waals surface area contributed by atoms with Crippen LogP contribution in [0, 0.1) is 6.92 Å². The normalized spacial score (nSPS) is 10.0. The zero-order chi connectivity index (χ0) is 18.2. The van der Waals surface area contributed by atoms with Crippen molar-refractivity contribution >= 4 is 11.9 Å². The second-order valence-corrected chi connectivity index (χ2v) is 5.38. The van der Waals surface area contributed by atoms with Gasteiger partial charge in [-0.3, -0.25) is 4.79 Å². The van der Waals surface area contributed by atoms with Gasteiger partial charge in [-0.25, -0.2) is 4.79 Å². The molecule has 0 unspecified atom stereocenters. The SMILES string of the molecule is COc1cc(OC)cc(C(=O)OCC(=O)NCc2ccccc2C)c1. The second-order valence-electron chi connectivity index (χ2n) is 5.38. The van der Waals surface area contributed by atoms with E-state index in [1.54, 1.807) is 6.07 Å². The van der Waals surface area contributed by atoms with Crippen LogP contribution >= 0.6 is 0 Å². The molecule has 0 aliphatic rings. The Morgan fingerprint density at radius 1 is 1.00 bits per heavy atom. The molecule has 0 saturated heterocycles. The molecule has 0 radical (unpaired) electrons. The van der Waals surface area contributed by atoms with E-state index in [4.69, 9.17) is 14.2 Å². The molecule has 0 spiro atoms. The predicted molar refractivity (Wildman–Crippen MR) is 92.9 cm³/mol. The summed E-state index contributed by atoms with van der Waals surface area (Å²) in [4.78, 5) is 24.0. The van der Waals surface area contributed by atoms with Gasteiger partial charge in [0.2, 0.25) is 0 Å². The average Bonchev–Trinajstić information content (AvgIpc) is 2.64. The van der Waals surface area contributed by atoms with E-state index < -0.39 is 5.97 Å². The van der Waals surface area contributed by atoms with Crippen LogP contribution in [0.2, 0.25) is 0 Å². The zero-order valence-electron chi connectivity index (χ0n) is 14.5. The van der Waals surface area contributed by atoms with Crippen molar-refractivity contribution in [3.8, 4) is 11.5 Å². The maximum Gasteiger partial charge on any atom is 0.338 e. The Labute approximate surface area is 146 Å². The van der Waals surface area contributed by atoms with Gasteiger partial charge in [0.25, 0.3) is 5.91 Å². The number of aryl methyl sites for hydroxylation is 1. The van der Waals surface area contributed by atoms with Crippen LogP contribution in [0.1, 0.15) is 21.5 Å².